The summed E-state index contributed by atoms with van der Waals surface area (Å²) in [5, 5.41) is 5.20. The Kier molecular flexibility index (Phi) is 6.25. The largest absolute Gasteiger partial charge is 0.336 e. The van der Waals surface area contributed by atoms with Crippen molar-refractivity contribution in [3.05, 3.63) is 23.5 Å². The van der Waals surface area contributed by atoms with Gasteiger partial charge in [0.1, 0.15) is 0 Å². The Hall–Kier alpha value is -2.04. The van der Waals surface area contributed by atoms with Gasteiger partial charge >= 0.3 is 0 Å². The number of aryl methyl sites for hydroxylation is 1. The monoisotopic (exact) mass is 422 g/mol. The highest BCUT2D eigenvalue weighted by atomic mass is 32.2. The first-order chi connectivity index (χ1) is 13.7. The predicted molar refractivity (Wildman–Crippen MR) is 112 cm³/mol. The molecule has 3 rings (SSSR count). The molecule has 0 N–H and O–H groups in total. The van der Waals surface area contributed by atoms with Crippen molar-refractivity contribution >= 4 is 27.1 Å². The first-order valence-electron chi connectivity index (χ1n) is 10.1. The summed E-state index contributed by atoms with van der Waals surface area (Å²) in [6, 6.07) is 2.02. The number of carbonyl (C=O) groups is 1. The molecule has 10 heteroatoms. The Morgan fingerprint density at radius 3 is 2.34 bits per heavy atom. The highest BCUT2D eigenvalue weighted by Crippen LogP contribution is 2.21. The van der Waals surface area contributed by atoms with E-state index in [0.29, 0.717) is 50.5 Å². The van der Waals surface area contributed by atoms with Crippen molar-refractivity contribution in [2.24, 2.45) is 0 Å². The third-order valence-electron chi connectivity index (χ3n) is 5.36. The van der Waals surface area contributed by atoms with E-state index in [2.05, 4.69) is 10.1 Å². The minimum Gasteiger partial charge on any atom is -0.336 e. The van der Waals surface area contributed by atoms with E-state index in [4.69, 9.17) is 0 Å². The summed E-state index contributed by atoms with van der Waals surface area (Å²) in [4.78, 5) is 19.4. The van der Waals surface area contributed by atoms with Crippen LogP contribution in [0.1, 0.15) is 49.8 Å². The van der Waals surface area contributed by atoms with Crippen LogP contribution in [-0.2, 0) is 10.2 Å². The molecule has 3 heterocycles. The molecule has 0 bridgehead atoms. The van der Waals surface area contributed by atoms with Crippen LogP contribution in [-0.4, -0.2) is 81.9 Å². The van der Waals surface area contributed by atoms with Gasteiger partial charge in [0.2, 0.25) is 0 Å². The number of fused-ring (bicyclic) bond motifs is 1. The van der Waals surface area contributed by atoms with Crippen LogP contribution in [0.2, 0.25) is 0 Å². The van der Waals surface area contributed by atoms with Crippen LogP contribution >= 0.6 is 0 Å². The molecule has 9 nitrogen and oxygen atoms in total. The Balaban J connectivity index is 1.77. The first kappa shape index (κ1) is 21.7. The van der Waals surface area contributed by atoms with Gasteiger partial charge in [-0.15, -0.1) is 0 Å². The third kappa shape index (κ3) is 4.01. The summed E-state index contributed by atoms with van der Waals surface area (Å²) in [6.45, 7) is 11.7. The Morgan fingerprint density at radius 2 is 1.79 bits per heavy atom. The lowest BCUT2D eigenvalue weighted by Gasteiger charge is -2.36. The fraction of sp³-hybridized carbons (Fsp3) is 0.632. The molecule has 2 aromatic heterocycles. The van der Waals surface area contributed by atoms with Gasteiger partial charge in [0, 0.05) is 50.7 Å². The number of pyridine rings is 1. The highest BCUT2D eigenvalue weighted by molar-refractivity contribution is 7.86. The summed E-state index contributed by atoms with van der Waals surface area (Å²) in [5.41, 5.74) is 1.97. The summed E-state index contributed by atoms with van der Waals surface area (Å²) in [7, 11) is -3.48. The van der Waals surface area contributed by atoms with Gasteiger partial charge in [-0.3, -0.25) is 4.79 Å². The van der Waals surface area contributed by atoms with Crippen LogP contribution in [0, 0.1) is 6.92 Å². The van der Waals surface area contributed by atoms with Crippen molar-refractivity contribution in [2.75, 3.05) is 39.3 Å². The minimum absolute atomic E-state index is 0.117. The molecule has 2 aromatic rings. The molecule has 1 aliphatic rings. The van der Waals surface area contributed by atoms with E-state index >= 15 is 0 Å². The zero-order valence-corrected chi connectivity index (χ0v) is 18.6. The maximum atomic E-state index is 13.1. The SMILES string of the molecule is CCN(CC)S(=O)(=O)N1CCN(C(=O)c2cc3cnn(C(C)C)c3nc2C)CC1. The molecule has 0 saturated carbocycles. The number of nitrogens with zero attached hydrogens (tertiary/aromatic N) is 6. The molecular weight excluding hydrogens is 392 g/mol. The number of piperazine rings is 1. The summed E-state index contributed by atoms with van der Waals surface area (Å²) < 4.78 is 30.1. The summed E-state index contributed by atoms with van der Waals surface area (Å²) in [6.07, 6.45) is 1.73. The summed E-state index contributed by atoms with van der Waals surface area (Å²) >= 11 is 0. The van der Waals surface area contributed by atoms with E-state index in [1.807, 2.05) is 45.4 Å². The van der Waals surface area contributed by atoms with Gasteiger partial charge in [-0.1, -0.05) is 13.8 Å². The standard InChI is InChI=1S/C19H30N6O3S/c1-6-23(7-2)29(27,28)24-10-8-22(9-11-24)19(26)17-12-16-13-20-25(14(3)4)18(16)21-15(17)5/h12-14H,6-11H2,1-5H3. The molecule has 0 aromatic carbocycles. The second-order valence-corrected chi connectivity index (χ2v) is 9.43. The Bertz CT molecular complexity index is 989. The average Bonchev–Trinajstić information content (AvgIpc) is 3.10. The van der Waals surface area contributed by atoms with Crippen LogP contribution in [0.3, 0.4) is 0 Å². The molecule has 1 amide bonds. The fourth-order valence-electron chi connectivity index (χ4n) is 3.67. The van der Waals surface area contributed by atoms with Crippen molar-refractivity contribution in [2.45, 2.75) is 40.7 Å². The van der Waals surface area contributed by atoms with Crippen molar-refractivity contribution in [1.29, 1.82) is 0 Å². The van der Waals surface area contributed by atoms with Gasteiger partial charge < -0.3 is 4.90 Å². The zero-order chi connectivity index (χ0) is 21.3. The number of carbonyl (C=O) groups excluding carboxylic acids is 1. The number of rotatable bonds is 6. The van der Waals surface area contributed by atoms with Crippen molar-refractivity contribution in [3.63, 3.8) is 0 Å². The number of hydrogen-bond acceptors (Lipinski definition) is 5. The van der Waals surface area contributed by atoms with Gasteiger partial charge in [-0.05, 0) is 26.8 Å². The van der Waals surface area contributed by atoms with Crippen molar-refractivity contribution in [3.8, 4) is 0 Å². The Morgan fingerprint density at radius 1 is 1.17 bits per heavy atom. The van der Waals surface area contributed by atoms with Gasteiger partial charge in [0.05, 0.1) is 17.5 Å². The van der Waals surface area contributed by atoms with E-state index in [-0.39, 0.29) is 11.9 Å². The molecule has 0 radical (unpaired) electrons. The lowest BCUT2D eigenvalue weighted by atomic mass is 10.1. The van der Waals surface area contributed by atoms with Crippen LogP contribution in [0.5, 0.6) is 0 Å². The third-order valence-corrected chi connectivity index (χ3v) is 7.55. The van der Waals surface area contributed by atoms with E-state index in [9.17, 15) is 13.2 Å². The zero-order valence-electron chi connectivity index (χ0n) is 17.8. The molecule has 1 fully saturated rings. The fourth-order valence-corrected chi connectivity index (χ4v) is 5.27. The number of aromatic nitrogens is 3. The lowest BCUT2D eigenvalue weighted by molar-refractivity contribution is 0.0693. The van der Waals surface area contributed by atoms with Gasteiger partial charge in [-0.2, -0.15) is 22.1 Å². The van der Waals surface area contributed by atoms with Crippen LogP contribution < -0.4 is 0 Å². The smallest absolute Gasteiger partial charge is 0.282 e. The normalized spacial score (nSPS) is 16.3. The molecule has 1 aliphatic heterocycles. The second kappa shape index (κ2) is 8.37. The Labute approximate surface area is 172 Å². The molecule has 160 valence electrons. The molecule has 29 heavy (non-hydrogen) atoms. The van der Waals surface area contributed by atoms with Crippen molar-refractivity contribution < 1.29 is 13.2 Å². The quantitative estimate of drug-likeness (QED) is 0.706. The van der Waals surface area contributed by atoms with Crippen LogP contribution in [0.15, 0.2) is 12.3 Å². The van der Waals surface area contributed by atoms with Crippen molar-refractivity contribution in [1.82, 2.24) is 28.3 Å². The van der Waals surface area contributed by atoms with Gasteiger partial charge in [-0.25, -0.2) is 9.67 Å². The maximum absolute atomic E-state index is 13.1. The molecule has 0 aliphatic carbocycles. The molecular formula is C19H30N6O3S. The van der Waals surface area contributed by atoms with E-state index in [1.54, 1.807) is 11.1 Å². The molecule has 1 saturated heterocycles. The number of hydrogen-bond donors (Lipinski definition) is 0. The van der Waals surface area contributed by atoms with Gasteiger partial charge in [0.15, 0.2) is 5.65 Å². The topological polar surface area (TPSA) is 91.6 Å². The van der Waals surface area contributed by atoms with E-state index < -0.39 is 10.2 Å². The van der Waals surface area contributed by atoms with Crippen LogP contribution in [0.4, 0.5) is 0 Å². The second-order valence-electron chi connectivity index (χ2n) is 7.50. The lowest BCUT2D eigenvalue weighted by Crippen LogP contribution is -2.54. The van der Waals surface area contributed by atoms with Gasteiger partial charge in [0.25, 0.3) is 16.1 Å². The molecule has 0 atom stereocenters. The summed E-state index contributed by atoms with van der Waals surface area (Å²) in [5.74, 6) is -0.117. The average molecular weight is 423 g/mol. The number of amides is 1. The predicted octanol–water partition coefficient (Wildman–Crippen LogP) is 1.67. The van der Waals surface area contributed by atoms with E-state index in [0.717, 1.165) is 11.0 Å². The van der Waals surface area contributed by atoms with E-state index in [1.165, 1.54) is 8.61 Å². The highest BCUT2D eigenvalue weighted by Gasteiger charge is 2.32. The maximum Gasteiger partial charge on any atom is 0.282 e. The minimum atomic E-state index is -3.48. The first-order valence-corrected chi connectivity index (χ1v) is 11.5. The molecule has 0 unspecified atom stereocenters. The van der Waals surface area contributed by atoms with Crippen LogP contribution in [0.25, 0.3) is 11.0 Å². The molecule has 0 spiro atoms.